The van der Waals surface area contributed by atoms with Gasteiger partial charge >= 0.3 is 0 Å². The second-order valence-corrected chi connectivity index (χ2v) is 6.66. The minimum Gasteiger partial charge on any atom is -0.357 e. The van der Waals surface area contributed by atoms with Crippen LogP contribution in [-0.4, -0.2) is 42.6 Å². The van der Waals surface area contributed by atoms with Crippen molar-refractivity contribution in [3.63, 3.8) is 0 Å². The average molecular weight is 311 g/mol. The first-order valence-corrected chi connectivity index (χ1v) is 8.72. The third kappa shape index (κ3) is 6.96. The van der Waals surface area contributed by atoms with E-state index in [-0.39, 0.29) is 0 Å². The second-order valence-electron chi connectivity index (χ2n) is 5.63. The maximum absolute atomic E-state index is 4.63. The van der Waals surface area contributed by atoms with Gasteiger partial charge in [0.15, 0.2) is 5.96 Å². The summed E-state index contributed by atoms with van der Waals surface area (Å²) in [6.07, 6.45) is 0. The summed E-state index contributed by atoms with van der Waals surface area (Å²) >= 11 is 1.75. The van der Waals surface area contributed by atoms with E-state index in [1.165, 1.54) is 4.88 Å². The Balaban J connectivity index is 2.45. The van der Waals surface area contributed by atoms with E-state index in [0.717, 1.165) is 32.1 Å². The van der Waals surface area contributed by atoms with Gasteiger partial charge in [-0.25, -0.2) is 4.99 Å². The zero-order chi connectivity index (χ0) is 15.7. The Morgan fingerprint density at radius 1 is 1.24 bits per heavy atom. The van der Waals surface area contributed by atoms with Gasteiger partial charge in [-0.05, 0) is 46.1 Å². The summed E-state index contributed by atoms with van der Waals surface area (Å²) in [7, 11) is 0. The van der Waals surface area contributed by atoms with Crippen molar-refractivity contribution in [2.75, 3.05) is 19.6 Å². The molecule has 0 fully saturated rings. The minimum atomic E-state index is 0.567. The molecule has 0 aliphatic rings. The highest BCUT2D eigenvalue weighted by Gasteiger charge is 2.12. The average Bonchev–Trinajstić information content (AvgIpc) is 2.93. The molecule has 1 heterocycles. The van der Waals surface area contributed by atoms with Crippen LogP contribution in [0.25, 0.3) is 0 Å². The van der Waals surface area contributed by atoms with Crippen LogP contribution in [-0.2, 0) is 6.54 Å². The van der Waals surface area contributed by atoms with Crippen molar-refractivity contribution in [2.24, 2.45) is 4.99 Å². The molecule has 2 N–H and O–H groups in total. The molecule has 0 aliphatic carbocycles. The van der Waals surface area contributed by atoms with Crippen molar-refractivity contribution in [1.29, 1.82) is 0 Å². The summed E-state index contributed by atoms with van der Waals surface area (Å²) in [5.74, 6) is 0.901. The van der Waals surface area contributed by atoms with Crippen LogP contribution in [0, 0.1) is 0 Å². The lowest BCUT2D eigenvalue weighted by Gasteiger charge is -2.30. The monoisotopic (exact) mass is 310 g/mol. The molecular weight excluding hydrogens is 280 g/mol. The SMILES string of the molecule is CCNC(=NCc1cccs1)NCCN(C(C)C)C(C)C. The van der Waals surface area contributed by atoms with Gasteiger partial charge in [-0.3, -0.25) is 4.90 Å². The Bertz CT molecular complexity index is 390. The molecule has 0 radical (unpaired) electrons. The van der Waals surface area contributed by atoms with E-state index in [1.54, 1.807) is 11.3 Å². The summed E-state index contributed by atoms with van der Waals surface area (Å²) in [5.41, 5.74) is 0. The largest absolute Gasteiger partial charge is 0.357 e. The Labute approximate surface area is 133 Å². The maximum atomic E-state index is 4.63. The highest BCUT2D eigenvalue weighted by molar-refractivity contribution is 7.09. The molecule has 0 unspecified atom stereocenters. The second kappa shape index (κ2) is 9.79. The van der Waals surface area contributed by atoms with E-state index < -0.39 is 0 Å². The number of guanidine groups is 1. The number of rotatable bonds is 8. The van der Waals surface area contributed by atoms with E-state index in [1.807, 2.05) is 0 Å². The molecule has 0 bridgehead atoms. The van der Waals surface area contributed by atoms with Crippen molar-refractivity contribution in [1.82, 2.24) is 15.5 Å². The normalized spacial score (nSPS) is 12.5. The third-order valence-corrected chi connectivity index (χ3v) is 4.17. The van der Waals surface area contributed by atoms with Gasteiger partial charge in [-0.15, -0.1) is 11.3 Å². The molecule has 1 rings (SSSR count). The predicted molar refractivity (Wildman–Crippen MR) is 94.1 cm³/mol. The highest BCUT2D eigenvalue weighted by Crippen LogP contribution is 2.09. The van der Waals surface area contributed by atoms with Crippen molar-refractivity contribution >= 4 is 17.3 Å². The van der Waals surface area contributed by atoms with Crippen molar-refractivity contribution in [3.05, 3.63) is 22.4 Å². The molecule has 21 heavy (non-hydrogen) atoms. The molecule has 0 amide bonds. The quantitative estimate of drug-likeness (QED) is 0.573. The molecule has 0 spiro atoms. The van der Waals surface area contributed by atoms with Gasteiger partial charge in [-0.2, -0.15) is 0 Å². The van der Waals surface area contributed by atoms with Crippen LogP contribution < -0.4 is 10.6 Å². The number of hydrogen-bond acceptors (Lipinski definition) is 3. The summed E-state index contributed by atoms with van der Waals surface area (Å²) in [5, 5.41) is 8.82. The molecule has 120 valence electrons. The fourth-order valence-corrected chi connectivity index (χ4v) is 2.95. The molecule has 4 nitrogen and oxygen atoms in total. The fraction of sp³-hybridized carbons (Fsp3) is 0.688. The summed E-state index contributed by atoms with van der Waals surface area (Å²) in [4.78, 5) is 8.40. The van der Waals surface area contributed by atoms with E-state index in [9.17, 15) is 0 Å². The Kier molecular flexibility index (Phi) is 8.38. The third-order valence-electron chi connectivity index (χ3n) is 3.31. The molecular formula is C16H30N4S. The molecule has 0 saturated carbocycles. The first kappa shape index (κ1) is 18.0. The van der Waals surface area contributed by atoms with Crippen molar-refractivity contribution < 1.29 is 0 Å². The van der Waals surface area contributed by atoms with Crippen LogP contribution in [0.2, 0.25) is 0 Å². The summed E-state index contributed by atoms with van der Waals surface area (Å²) in [6.45, 7) is 14.6. The lowest BCUT2D eigenvalue weighted by atomic mass is 10.2. The van der Waals surface area contributed by atoms with Gasteiger partial charge < -0.3 is 10.6 Å². The summed E-state index contributed by atoms with van der Waals surface area (Å²) < 4.78 is 0. The van der Waals surface area contributed by atoms with Crippen LogP contribution >= 0.6 is 11.3 Å². The van der Waals surface area contributed by atoms with Crippen LogP contribution in [0.5, 0.6) is 0 Å². The maximum Gasteiger partial charge on any atom is 0.191 e. The number of nitrogens with one attached hydrogen (secondary N) is 2. The van der Waals surface area contributed by atoms with E-state index in [4.69, 9.17) is 0 Å². The Morgan fingerprint density at radius 3 is 2.48 bits per heavy atom. The topological polar surface area (TPSA) is 39.7 Å². The van der Waals surface area contributed by atoms with E-state index >= 15 is 0 Å². The van der Waals surface area contributed by atoms with Gasteiger partial charge in [0.2, 0.25) is 0 Å². The van der Waals surface area contributed by atoms with Gasteiger partial charge in [0.1, 0.15) is 0 Å². The van der Waals surface area contributed by atoms with Gasteiger partial charge in [-0.1, -0.05) is 6.07 Å². The van der Waals surface area contributed by atoms with Crippen LogP contribution in [0.1, 0.15) is 39.5 Å². The van der Waals surface area contributed by atoms with Gasteiger partial charge in [0.05, 0.1) is 6.54 Å². The van der Waals surface area contributed by atoms with Crippen LogP contribution in [0.3, 0.4) is 0 Å². The van der Waals surface area contributed by atoms with Crippen molar-refractivity contribution in [2.45, 2.75) is 53.2 Å². The zero-order valence-corrected chi connectivity index (χ0v) is 14.8. The lowest BCUT2D eigenvalue weighted by molar-refractivity contribution is 0.178. The Hall–Kier alpha value is -1.07. The number of hydrogen-bond donors (Lipinski definition) is 2. The summed E-state index contributed by atoms with van der Waals surface area (Å²) in [6, 6.07) is 5.32. The number of thiophene rings is 1. The molecule has 0 aliphatic heterocycles. The number of nitrogens with zero attached hydrogens (tertiary/aromatic N) is 2. The highest BCUT2D eigenvalue weighted by atomic mass is 32.1. The lowest BCUT2D eigenvalue weighted by Crippen LogP contribution is -2.45. The first-order chi connectivity index (χ1) is 10.0. The predicted octanol–water partition coefficient (Wildman–Crippen LogP) is 2.92. The van der Waals surface area contributed by atoms with E-state index in [2.05, 4.69) is 72.7 Å². The van der Waals surface area contributed by atoms with Gasteiger partial charge in [0.25, 0.3) is 0 Å². The molecule has 0 saturated heterocycles. The molecule has 5 heteroatoms. The molecule has 0 aromatic carbocycles. The molecule has 1 aromatic rings. The minimum absolute atomic E-state index is 0.567. The van der Waals surface area contributed by atoms with Crippen molar-refractivity contribution in [3.8, 4) is 0 Å². The standard InChI is InChI=1S/C16H30N4S/c1-6-17-16(19-12-15-8-7-11-21-15)18-9-10-20(13(2)3)14(4)5/h7-8,11,13-14H,6,9-10,12H2,1-5H3,(H2,17,18,19). The van der Waals surface area contributed by atoms with E-state index in [0.29, 0.717) is 12.1 Å². The first-order valence-electron chi connectivity index (χ1n) is 7.84. The zero-order valence-electron chi connectivity index (χ0n) is 14.0. The van der Waals surface area contributed by atoms with Crippen LogP contribution in [0.4, 0.5) is 0 Å². The number of aliphatic imine (C=N–C) groups is 1. The van der Waals surface area contributed by atoms with Gasteiger partial charge in [0, 0.05) is 36.6 Å². The smallest absolute Gasteiger partial charge is 0.191 e. The Morgan fingerprint density at radius 2 is 1.95 bits per heavy atom. The molecule has 0 atom stereocenters. The fourth-order valence-electron chi connectivity index (χ4n) is 2.32. The van der Waals surface area contributed by atoms with Crippen LogP contribution in [0.15, 0.2) is 22.5 Å². The molecule has 1 aromatic heterocycles.